The summed E-state index contributed by atoms with van der Waals surface area (Å²) in [5, 5.41) is 1.40. The van der Waals surface area contributed by atoms with E-state index in [0.29, 0.717) is 67.6 Å². The Labute approximate surface area is 281 Å². The first-order valence-corrected chi connectivity index (χ1v) is 18.2. The Morgan fingerprint density at radius 1 is 0.956 bits per heavy atom. The highest BCUT2D eigenvalue weighted by molar-refractivity contribution is 7.90. The maximum absolute atomic E-state index is 14.3. The lowest BCUT2D eigenvalue weighted by atomic mass is 9.72. The number of nitrogens with zero attached hydrogens (tertiary/aromatic N) is 1. The smallest absolute Gasteiger partial charge is 0.267 e. The molecule has 1 aromatic heterocycles. The highest BCUT2D eigenvalue weighted by Gasteiger charge is 2.43. The summed E-state index contributed by atoms with van der Waals surface area (Å²) in [7, 11) is -3.21. The highest BCUT2D eigenvalue weighted by atomic mass is 35.5. The third-order valence-corrected chi connectivity index (χ3v) is 11.0. The molecule has 1 aliphatic rings. The minimum absolute atomic E-state index is 0.0621. The van der Waals surface area contributed by atoms with Gasteiger partial charge in [-0.05, 0) is 54.7 Å². The summed E-state index contributed by atoms with van der Waals surface area (Å²) in [6, 6.07) is 21.7. The third-order valence-electron chi connectivity index (χ3n) is 7.98. The zero-order valence-electron chi connectivity index (χ0n) is 24.4. The van der Waals surface area contributed by atoms with E-state index < -0.39 is 21.2 Å². The highest BCUT2D eigenvalue weighted by Crippen LogP contribution is 2.51. The number of hydrogen-bond donors (Lipinski definition) is 1. The molecule has 2 heterocycles. The number of hydrogen-bond acceptors (Lipinski definition) is 6. The van der Waals surface area contributed by atoms with E-state index >= 15 is 0 Å². The number of likely N-dealkylation sites (tertiary alicyclic amines) is 1. The van der Waals surface area contributed by atoms with E-state index in [1.165, 1.54) is 17.6 Å². The van der Waals surface area contributed by atoms with E-state index in [-0.39, 0.29) is 24.7 Å². The number of rotatable bonds is 10. The van der Waals surface area contributed by atoms with E-state index in [9.17, 15) is 18.0 Å². The maximum Gasteiger partial charge on any atom is 0.267 e. The maximum atomic E-state index is 14.3. The van der Waals surface area contributed by atoms with Crippen molar-refractivity contribution in [3.8, 4) is 27.3 Å². The number of thiophene rings is 1. The number of nitrogens with two attached hydrogens (primary N) is 1. The number of carbonyl (C=O) groups excluding carboxylic acids is 2. The average molecular weight is 706 g/mol. The van der Waals surface area contributed by atoms with Crippen LogP contribution in [0.4, 0.5) is 0 Å². The molecular formula is C33H31Cl3N2O5S2. The van der Waals surface area contributed by atoms with Crippen LogP contribution in [0.5, 0.6) is 5.75 Å². The molecule has 0 atom stereocenters. The number of halogens is 3. The number of sulfone groups is 1. The molecule has 1 fully saturated rings. The first-order valence-electron chi connectivity index (χ1n) is 14.2. The topological polar surface area (TPSA) is 107 Å². The van der Waals surface area contributed by atoms with Gasteiger partial charge in [-0.1, -0.05) is 83.3 Å². The van der Waals surface area contributed by atoms with Crippen molar-refractivity contribution < 1.29 is 22.7 Å². The van der Waals surface area contributed by atoms with Gasteiger partial charge in [-0.15, -0.1) is 11.3 Å². The Balaban J connectivity index is 1.57. The molecule has 4 aromatic rings. The van der Waals surface area contributed by atoms with Gasteiger partial charge in [0, 0.05) is 45.4 Å². The van der Waals surface area contributed by atoms with E-state index in [4.69, 9.17) is 45.3 Å². The molecule has 0 radical (unpaired) electrons. The summed E-state index contributed by atoms with van der Waals surface area (Å²) in [5.74, 6) is -0.420. The first-order chi connectivity index (χ1) is 21.4. The zero-order valence-corrected chi connectivity index (χ0v) is 28.3. The Morgan fingerprint density at radius 3 is 2.20 bits per heavy atom. The van der Waals surface area contributed by atoms with Crippen molar-refractivity contribution in [1.82, 2.24) is 4.90 Å². The van der Waals surface area contributed by atoms with Gasteiger partial charge in [0.25, 0.3) is 5.91 Å². The molecule has 3 aromatic carbocycles. The summed E-state index contributed by atoms with van der Waals surface area (Å²) >= 11 is 20.4. The average Bonchev–Trinajstić information content (AvgIpc) is 3.38. The van der Waals surface area contributed by atoms with Crippen molar-refractivity contribution >= 4 is 67.8 Å². The summed E-state index contributed by atoms with van der Waals surface area (Å²) in [5.41, 5.74) is 7.93. The standard InChI is InChI=1S/C33H31Cl3N2O5S2/c1-45(41,42)19-5-18-43-28-27(21-8-10-23(34)11-9-21)29(25-13-12-24(35)20-26(25)36)44-30(28)31(39)38-16-14-33(15-17-38,32(37)40)22-6-3-2-4-7-22/h2-4,6-13,20H,5,14-19H2,1H3,(H2,37,40). The number of ether oxygens (including phenoxy) is 1. The minimum atomic E-state index is -3.21. The Morgan fingerprint density at radius 2 is 1.60 bits per heavy atom. The minimum Gasteiger partial charge on any atom is -0.491 e. The molecule has 12 heteroatoms. The summed E-state index contributed by atoms with van der Waals surface area (Å²) in [4.78, 5) is 29.8. The van der Waals surface area contributed by atoms with Gasteiger partial charge in [0.1, 0.15) is 14.7 Å². The van der Waals surface area contributed by atoms with Crippen LogP contribution in [0, 0.1) is 0 Å². The second-order valence-electron chi connectivity index (χ2n) is 11.0. The molecule has 0 saturated carbocycles. The van der Waals surface area contributed by atoms with E-state index in [1.54, 1.807) is 35.2 Å². The fourth-order valence-electron chi connectivity index (χ4n) is 5.60. The van der Waals surface area contributed by atoms with Gasteiger partial charge < -0.3 is 15.4 Å². The van der Waals surface area contributed by atoms with Crippen LogP contribution in [0.1, 0.15) is 34.5 Å². The molecule has 0 unspecified atom stereocenters. The van der Waals surface area contributed by atoms with Crippen LogP contribution in [0.15, 0.2) is 72.8 Å². The van der Waals surface area contributed by atoms with Crippen LogP contribution in [-0.4, -0.2) is 56.8 Å². The molecule has 1 saturated heterocycles. The van der Waals surface area contributed by atoms with Crippen LogP contribution in [0.3, 0.4) is 0 Å². The Hall–Kier alpha value is -3.08. The molecule has 2 amide bonds. The predicted octanol–water partition coefficient (Wildman–Crippen LogP) is 7.52. The van der Waals surface area contributed by atoms with Crippen LogP contribution in [0.25, 0.3) is 21.6 Å². The van der Waals surface area contributed by atoms with E-state index in [2.05, 4.69) is 0 Å². The van der Waals surface area contributed by atoms with Crippen LogP contribution in [0.2, 0.25) is 15.1 Å². The van der Waals surface area contributed by atoms with E-state index in [1.807, 2.05) is 42.5 Å². The zero-order chi connectivity index (χ0) is 32.4. The number of piperidine rings is 1. The molecule has 0 spiro atoms. The fourth-order valence-corrected chi connectivity index (χ4v) is 8.20. The summed E-state index contributed by atoms with van der Waals surface area (Å²) in [6.07, 6.45) is 2.15. The quantitative estimate of drug-likeness (QED) is 0.172. The van der Waals surface area contributed by atoms with Gasteiger partial charge in [-0.2, -0.15) is 0 Å². The number of benzene rings is 3. The molecule has 5 rings (SSSR count). The number of amides is 2. The SMILES string of the molecule is CS(=O)(=O)CCCOc1c(C(=O)N2CCC(C(N)=O)(c3ccccc3)CC2)sc(-c2ccc(Cl)cc2Cl)c1-c1ccc(Cl)cc1. The van der Waals surface area contributed by atoms with Gasteiger partial charge >= 0.3 is 0 Å². The second-order valence-corrected chi connectivity index (χ2v) is 15.6. The van der Waals surface area contributed by atoms with Crippen LogP contribution >= 0.6 is 46.1 Å². The monoisotopic (exact) mass is 704 g/mol. The fraction of sp³-hybridized carbons (Fsp3) is 0.273. The van der Waals surface area contributed by atoms with Crippen molar-refractivity contribution in [2.75, 3.05) is 31.7 Å². The van der Waals surface area contributed by atoms with Crippen molar-refractivity contribution in [3.05, 3.63) is 98.3 Å². The predicted molar refractivity (Wildman–Crippen MR) is 182 cm³/mol. The van der Waals surface area contributed by atoms with Gasteiger partial charge in [-0.25, -0.2) is 8.42 Å². The van der Waals surface area contributed by atoms with Crippen molar-refractivity contribution in [2.24, 2.45) is 5.73 Å². The van der Waals surface area contributed by atoms with Gasteiger partial charge in [0.15, 0.2) is 5.75 Å². The lowest BCUT2D eigenvalue weighted by Gasteiger charge is -2.40. The van der Waals surface area contributed by atoms with Crippen molar-refractivity contribution in [1.29, 1.82) is 0 Å². The largest absolute Gasteiger partial charge is 0.491 e. The van der Waals surface area contributed by atoms with Crippen molar-refractivity contribution in [3.63, 3.8) is 0 Å². The second kappa shape index (κ2) is 13.7. The molecule has 2 N–H and O–H groups in total. The lowest BCUT2D eigenvalue weighted by molar-refractivity contribution is -0.125. The molecule has 0 bridgehead atoms. The lowest BCUT2D eigenvalue weighted by Crippen LogP contribution is -2.51. The van der Waals surface area contributed by atoms with Gasteiger partial charge in [-0.3, -0.25) is 9.59 Å². The summed E-state index contributed by atoms with van der Waals surface area (Å²) < 4.78 is 29.9. The summed E-state index contributed by atoms with van der Waals surface area (Å²) in [6.45, 7) is 0.669. The molecule has 1 aliphatic heterocycles. The van der Waals surface area contributed by atoms with Crippen LogP contribution < -0.4 is 10.5 Å². The van der Waals surface area contributed by atoms with E-state index in [0.717, 1.165) is 11.1 Å². The number of carbonyl (C=O) groups is 2. The third kappa shape index (κ3) is 7.34. The normalized spacial score (nSPS) is 14.7. The molecule has 7 nitrogen and oxygen atoms in total. The molecule has 236 valence electrons. The molecule has 0 aliphatic carbocycles. The molecular weight excluding hydrogens is 675 g/mol. The Bertz CT molecular complexity index is 1820. The molecule has 45 heavy (non-hydrogen) atoms. The van der Waals surface area contributed by atoms with Crippen LogP contribution in [-0.2, 0) is 20.0 Å². The first kappa shape index (κ1) is 33.3. The van der Waals surface area contributed by atoms with Gasteiger partial charge in [0.2, 0.25) is 5.91 Å². The Kier molecular flexibility index (Phi) is 10.2. The van der Waals surface area contributed by atoms with Crippen molar-refractivity contribution in [2.45, 2.75) is 24.7 Å². The van der Waals surface area contributed by atoms with Gasteiger partial charge in [0.05, 0.1) is 22.8 Å². The number of primary amides is 1.